The highest BCUT2D eigenvalue weighted by Gasteiger charge is 2.20. The number of hydrogen-bond donors (Lipinski definition) is 1. The lowest BCUT2D eigenvalue weighted by Gasteiger charge is -2.24. The maximum Gasteiger partial charge on any atom is 0.129 e. The Morgan fingerprint density at radius 2 is 2.00 bits per heavy atom. The molecule has 1 N–H and O–H groups in total. The largest absolute Gasteiger partial charge is 0.358 e. The second-order valence-electron chi connectivity index (χ2n) is 5.43. The molecule has 0 fully saturated rings. The van der Waals surface area contributed by atoms with Crippen LogP contribution in [0.4, 0.5) is 0 Å². The third-order valence-electron chi connectivity index (χ3n) is 3.67. The van der Waals surface area contributed by atoms with E-state index < -0.39 is 0 Å². The van der Waals surface area contributed by atoms with Crippen LogP contribution in [0.1, 0.15) is 37.1 Å². The number of aromatic amines is 1. The summed E-state index contributed by atoms with van der Waals surface area (Å²) in [6.07, 6.45) is 1.49. The van der Waals surface area contributed by atoms with Crippen molar-refractivity contribution in [2.45, 2.75) is 32.7 Å². The minimum absolute atomic E-state index is 0.254. The number of benzene rings is 1. The first kappa shape index (κ1) is 13.8. The van der Waals surface area contributed by atoms with Crippen molar-refractivity contribution in [3.63, 3.8) is 0 Å². The van der Waals surface area contributed by atoms with Gasteiger partial charge in [0, 0.05) is 29.1 Å². The zero-order valence-electron chi connectivity index (χ0n) is 12.2. The number of para-hydroxylation sites is 1. The van der Waals surface area contributed by atoms with Crippen molar-refractivity contribution in [2.24, 2.45) is 0 Å². The van der Waals surface area contributed by atoms with Crippen LogP contribution in [0.5, 0.6) is 0 Å². The Balaban J connectivity index is 2.43. The number of aromatic nitrogens is 1. The predicted molar refractivity (Wildman–Crippen MR) is 79.4 cm³/mol. The first-order chi connectivity index (χ1) is 9.00. The highest BCUT2D eigenvalue weighted by Crippen LogP contribution is 2.33. The zero-order chi connectivity index (χ0) is 14.0. The molecule has 3 heteroatoms. The Hall–Kier alpha value is -1.61. The standard InChI is InChI=1S/C16H22N2O/c1-11(19)9-10-15(18(3)4)16-12(2)17-14-8-6-5-7-13(14)16/h5-8,15,17H,9-10H2,1-4H3. The molecule has 0 saturated heterocycles. The normalized spacial score (nSPS) is 13.1. The summed E-state index contributed by atoms with van der Waals surface area (Å²) < 4.78 is 0. The van der Waals surface area contributed by atoms with Gasteiger partial charge in [0.25, 0.3) is 0 Å². The van der Waals surface area contributed by atoms with Crippen LogP contribution in [-0.4, -0.2) is 29.8 Å². The maximum absolute atomic E-state index is 11.3. The van der Waals surface area contributed by atoms with Crippen LogP contribution in [-0.2, 0) is 4.79 Å². The van der Waals surface area contributed by atoms with Gasteiger partial charge < -0.3 is 14.7 Å². The van der Waals surface area contributed by atoms with E-state index in [9.17, 15) is 4.79 Å². The SMILES string of the molecule is CC(=O)CCC(c1c(C)[nH]c2ccccc12)N(C)C. The average molecular weight is 258 g/mol. The minimum atomic E-state index is 0.254. The quantitative estimate of drug-likeness (QED) is 0.891. The lowest BCUT2D eigenvalue weighted by molar-refractivity contribution is -0.117. The number of rotatable bonds is 5. The first-order valence-electron chi connectivity index (χ1n) is 6.73. The van der Waals surface area contributed by atoms with Crippen LogP contribution in [0.3, 0.4) is 0 Å². The number of fused-ring (bicyclic) bond motifs is 1. The fourth-order valence-corrected chi connectivity index (χ4v) is 2.73. The number of ketones is 1. The second kappa shape index (κ2) is 5.57. The summed E-state index contributed by atoms with van der Waals surface area (Å²) in [5.74, 6) is 0.254. The molecule has 2 rings (SSSR count). The zero-order valence-corrected chi connectivity index (χ0v) is 12.2. The summed E-state index contributed by atoms with van der Waals surface area (Å²) in [4.78, 5) is 16.9. The summed E-state index contributed by atoms with van der Waals surface area (Å²) in [5, 5.41) is 1.27. The van der Waals surface area contributed by atoms with Gasteiger partial charge in [-0.15, -0.1) is 0 Å². The molecule has 0 aliphatic rings. The topological polar surface area (TPSA) is 36.1 Å². The third kappa shape index (κ3) is 2.87. The number of nitrogens with zero attached hydrogens (tertiary/aromatic N) is 1. The third-order valence-corrected chi connectivity index (χ3v) is 3.67. The van der Waals surface area contributed by atoms with Crippen LogP contribution in [0.25, 0.3) is 10.9 Å². The van der Waals surface area contributed by atoms with Gasteiger partial charge in [-0.25, -0.2) is 0 Å². The van der Waals surface area contributed by atoms with Gasteiger partial charge in [0.2, 0.25) is 0 Å². The van der Waals surface area contributed by atoms with E-state index in [1.54, 1.807) is 6.92 Å². The van der Waals surface area contributed by atoms with Gasteiger partial charge in [0.05, 0.1) is 0 Å². The smallest absolute Gasteiger partial charge is 0.129 e. The van der Waals surface area contributed by atoms with Gasteiger partial charge in [-0.3, -0.25) is 0 Å². The van der Waals surface area contributed by atoms with E-state index in [0.717, 1.165) is 6.42 Å². The molecule has 2 aromatic rings. The number of hydrogen-bond acceptors (Lipinski definition) is 2. The maximum atomic E-state index is 11.3. The van der Waals surface area contributed by atoms with Gasteiger partial charge in [-0.1, -0.05) is 18.2 Å². The number of nitrogens with one attached hydrogen (secondary N) is 1. The minimum Gasteiger partial charge on any atom is -0.358 e. The van der Waals surface area contributed by atoms with E-state index in [2.05, 4.69) is 49.1 Å². The fraction of sp³-hybridized carbons (Fsp3) is 0.438. The van der Waals surface area contributed by atoms with Gasteiger partial charge in [0.1, 0.15) is 5.78 Å². The summed E-state index contributed by atoms with van der Waals surface area (Å²) in [5.41, 5.74) is 3.69. The Labute approximate surface area is 114 Å². The summed E-state index contributed by atoms with van der Waals surface area (Å²) in [6, 6.07) is 8.64. The molecule has 0 radical (unpaired) electrons. The number of carbonyl (C=O) groups is 1. The van der Waals surface area contributed by atoms with E-state index in [4.69, 9.17) is 0 Å². The molecular formula is C16H22N2O. The molecule has 0 aliphatic carbocycles. The fourth-order valence-electron chi connectivity index (χ4n) is 2.73. The molecule has 0 saturated carbocycles. The molecule has 1 heterocycles. The summed E-state index contributed by atoms with van der Waals surface area (Å²) in [6.45, 7) is 3.77. The number of carbonyl (C=O) groups excluding carboxylic acids is 1. The molecule has 1 aromatic heterocycles. The van der Waals surface area contributed by atoms with Gasteiger partial charge in [-0.2, -0.15) is 0 Å². The Bertz CT molecular complexity index is 583. The molecule has 0 amide bonds. The van der Waals surface area contributed by atoms with Crippen molar-refractivity contribution in [2.75, 3.05) is 14.1 Å². The molecule has 3 nitrogen and oxygen atoms in total. The lowest BCUT2D eigenvalue weighted by atomic mass is 9.97. The first-order valence-corrected chi connectivity index (χ1v) is 6.73. The predicted octanol–water partition coefficient (Wildman–Crippen LogP) is 3.45. The summed E-state index contributed by atoms with van der Waals surface area (Å²) in [7, 11) is 4.15. The highest BCUT2D eigenvalue weighted by atomic mass is 16.1. The van der Waals surface area contributed by atoms with Gasteiger partial charge in [-0.05, 0) is 46.0 Å². The Morgan fingerprint density at radius 3 is 2.63 bits per heavy atom. The molecular weight excluding hydrogens is 236 g/mol. The second-order valence-corrected chi connectivity index (χ2v) is 5.43. The summed E-state index contributed by atoms with van der Waals surface area (Å²) >= 11 is 0. The molecule has 1 unspecified atom stereocenters. The van der Waals surface area contributed by atoms with E-state index in [-0.39, 0.29) is 11.8 Å². The van der Waals surface area contributed by atoms with Crippen LogP contribution in [0.2, 0.25) is 0 Å². The van der Waals surface area contributed by atoms with Crippen molar-refractivity contribution in [3.05, 3.63) is 35.5 Å². The van der Waals surface area contributed by atoms with Crippen molar-refractivity contribution in [1.29, 1.82) is 0 Å². The van der Waals surface area contributed by atoms with E-state index >= 15 is 0 Å². The van der Waals surface area contributed by atoms with E-state index in [0.29, 0.717) is 6.42 Å². The molecule has 102 valence electrons. The molecule has 19 heavy (non-hydrogen) atoms. The van der Waals surface area contributed by atoms with Crippen LogP contribution < -0.4 is 0 Å². The number of H-pyrrole nitrogens is 1. The average Bonchev–Trinajstić information content (AvgIpc) is 2.66. The highest BCUT2D eigenvalue weighted by molar-refractivity contribution is 5.85. The number of aryl methyl sites for hydroxylation is 1. The molecule has 0 spiro atoms. The van der Waals surface area contributed by atoms with Crippen LogP contribution >= 0.6 is 0 Å². The lowest BCUT2D eigenvalue weighted by Crippen LogP contribution is -2.21. The molecule has 1 aromatic carbocycles. The van der Waals surface area contributed by atoms with Crippen molar-refractivity contribution < 1.29 is 4.79 Å². The number of Topliss-reactive ketones (excluding diaryl/α,β-unsaturated/α-hetero) is 1. The molecule has 1 atom stereocenters. The monoisotopic (exact) mass is 258 g/mol. The van der Waals surface area contributed by atoms with Crippen LogP contribution in [0.15, 0.2) is 24.3 Å². The van der Waals surface area contributed by atoms with E-state index in [1.165, 1.54) is 22.2 Å². The van der Waals surface area contributed by atoms with Crippen molar-refractivity contribution in [3.8, 4) is 0 Å². The van der Waals surface area contributed by atoms with Crippen molar-refractivity contribution in [1.82, 2.24) is 9.88 Å². The molecule has 0 bridgehead atoms. The van der Waals surface area contributed by atoms with E-state index in [1.807, 2.05) is 6.07 Å². The Kier molecular flexibility index (Phi) is 4.05. The van der Waals surface area contributed by atoms with Crippen LogP contribution in [0, 0.1) is 6.92 Å². The van der Waals surface area contributed by atoms with Crippen molar-refractivity contribution >= 4 is 16.7 Å². The van der Waals surface area contributed by atoms with Gasteiger partial charge >= 0.3 is 0 Å². The Morgan fingerprint density at radius 1 is 1.32 bits per heavy atom. The molecule has 0 aliphatic heterocycles. The van der Waals surface area contributed by atoms with Gasteiger partial charge in [0.15, 0.2) is 0 Å².